The first-order valence-corrected chi connectivity index (χ1v) is 10.9. The Bertz CT molecular complexity index is 678. The number of rotatable bonds is 6. The van der Waals surface area contributed by atoms with Crippen LogP contribution in [0.2, 0.25) is 0 Å². The number of aryl methyl sites for hydroxylation is 1. The molecule has 150 valence electrons. The smallest absolute Gasteiger partial charge is 0.341 e. The van der Waals surface area contributed by atoms with E-state index in [-0.39, 0.29) is 24.1 Å². The average Bonchev–Trinajstić information content (AvgIpc) is 2.97. The van der Waals surface area contributed by atoms with E-state index in [4.69, 9.17) is 9.47 Å². The van der Waals surface area contributed by atoms with Crippen molar-refractivity contribution in [3.8, 4) is 0 Å². The minimum absolute atomic E-state index is 0.0292. The SMILES string of the molecule is CCOC(=O)c1c(NC(=O)CC[NH+]2C[C@H](C)O[C@@H](C)C2)sc2c1CCCC2. The molecular weight excluding hydrogens is 364 g/mol. The summed E-state index contributed by atoms with van der Waals surface area (Å²) in [6.45, 7) is 8.95. The van der Waals surface area contributed by atoms with Crippen molar-refractivity contribution < 1.29 is 24.0 Å². The van der Waals surface area contributed by atoms with Crippen LogP contribution in [0.15, 0.2) is 0 Å². The third-order valence-electron chi connectivity index (χ3n) is 5.23. The van der Waals surface area contributed by atoms with Gasteiger partial charge in [-0.1, -0.05) is 0 Å². The third kappa shape index (κ3) is 5.09. The highest BCUT2D eigenvalue weighted by Gasteiger charge is 2.28. The molecule has 0 saturated carbocycles. The second kappa shape index (κ2) is 9.17. The van der Waals surface area contributed by atoms with Crippen LogP contribution >= 0.6 is 11.3 Å². The number of morpholine rings is 1. The molecule has 1 saturated heterocycles. The second-order valence-corrected chi connectivity index (χ2v) is 8.70. The van der Waals surface area contributed by atoms with E-state index < -0.39 is 0 Å². The number of fused-ring (bicyclic) bond motifs is 1. The molecule has 1 aliphatic carbocycles. The normalized spacial score (nSPS) is 24.9. The number of thiophene rings is 1. The van der Waals surface area contributed by atoms with Crippen LogP contribution in [0.25, 0.3) is 0 Å². The number of carbonyl (C=O) groups is 2. The van der Waals surface area contributed by atoms with E-state index in [2.05, 4.69) is 19.2 Å². The van der Waals surface area contributed by atoms with Crippen molar-refractivity contribution in [1.82, 2.24) is 0 Å². The molecule has 1 aliphatic heterocycles. The van der Waals surface area contributed by atoms with E-state index in [9.17, 15) is 9.59 Å². The second-order valence-electron chi connectivity index (χ2n) is 7.60. The summed E-state index contributed by atoms with van der Waals surface area (Å²) in [6, 6.07) is 0. The van der Waals surface area contributed by atoms with E-state index in [0.717, 1.165) is 50.9 Å². The van der Waals surface area contributed by atoms with Crippen LogP contribution in [0.4, 0.5) is 5.00 Å². The Labute approximate surface area is 165 Å². The Morgan fingerprint density at radius 2 is 1.93 bits per heavy atom. The molecule has 0 radical (unpaired) electrons. The van der Waals surface area contributed by atoms with Crippen molar-refractivity contribution in [2.24, 2.45) is 0 Å². The molecule has 0 bridgehead atoms. The molecule has 0 aromatic carbocycles. The summed E-state index contributed by atoms with van der Waals surface area (Å²) < 4.78 is 11.0. The van der Waals surface area contributed by atoms with Crippen molar-refractivity contribution >= 4 is 28.2 Å². The van der Waals surface area contributed by atoms with Gasteiger partial charge in [0.25, 0.3) is 0 Å². The van der Waals surface area contributed by atoms with Crippen LogP contribution in [-0.4, -0.2) is 50.3 Å². The summed E-state index contributed by atoms with van der Waals surface area (Å²) in [5.41, 5.74) is 1.67. The monoisotopic (exact) mass is 395 g/mol. The molecular formula is C20H31N2O4S+. The maximum Gasteiger partial charge on any atom is 0.341 e. The Balaban J connectivity index is 1.65. The van der Waals surface area contributed by atoms with Gasteiger partial charge in [-0.05, 0) is 52.0 Å². The van der Waals surface area contributed by atoms with Crippen molar-refractivity contribution in [2.75, 3.05) is 31.6 Å². The van der Waals surface area contributed by atoms with Gasteiger partial charge in [0.2, 0.25) is 5.91 Å². The lowest BCUT2D eigenvalue weighted by Crippen LogP contribution is -3.15. The van der Waals surface area contributed by atoms with Crippen LogP contribution in [0, 0.1) is 0 Å². The molecule has 2 N–H and O–H groups in total. The summed E-state index contributed by atoms with van der Waals surface area (Å²) in [5, 5.41) is 3.67. The lowest BCUT2D eigenvalue weighted by molar-refractivity contribution is -0.914. The first kappa shape index (κ1) is 20.3. The van der Waals surface area contributed by atoms with E-state index in [1.165, 1.54) is 9.78 Å². The van der Waals surface area contributed by atoms with Gasteiger partial charge in [-0.25, -0.2) is 4.79 Å². The molecule has 1 aromatic rings. The van der Waals surface area contributed by atoms with E-state index in [1.807, 2.05) is 6.92 Å². The number of nitrogens with one attached hydrogen (secondary N) is 2. The number of anilines is 1. The number of esters is 1. The van der Waals surface area contributed by atoms with Crippen LogP contribution in [0.1, 0.15) is 60.8 Å². The predicted molar refractivity (Wildman–Crippen MR) is 106 cm³/mol. The largest absolute Gasteiger partial charge is 0.462 e. The highest BCUT2D eigenvalue weighted by Crippen LogP contribution is 2.38. The number of amides is 1. The minimum atomic E-state index is -0.311. The third-order valence-corrected chi connectivity index (χ3v) is 6.43. The van der Waals surface area contributed by atoms with Crippen LogP contribution in [0.3, 0.4) is 0 Å². The standard InChI is InChI=1S/C20H30N2O4S/c1-4-25-20(24)18-15-7-5-6-8-16(15)27-19(18)21-17(23)9-10-22-11-13(2)26-14(3)12-22/h13-14H,4-12H2,1-3H3,(H,21,23)/p+1/t13-,14-/m0/s1. The summed E-state index contributed by atoms with van der Waals surface area (Å²) in [5.74, 6) is -0.341. The Morgan fingerprint density at radius 3 is 2.63 bits per heavy atom. The molecule has 0 spiro atoms. The minimum Gasteiger partial charge on any atom is -0.462 e. The molecule has 6 nitrogen and oxygen atoms in total. The first-order chi connectivity index (χ1) is 13.0. The van der Waals surface area contributed by atoms with Gasteiger partial charge in [0.05, 0.1) is 25.1 Å². The van der Waals surface area contributed by atoms with Gasteiger partial charge < -0.3 is 19.7 Å². The first-order valence-electron chi connectivity index (χ1n) is 10.1. The molecule has 3 rings (SSSR count). The zero-order valence-corrected chi connectivity index (χ0v) is 17.4. The maximum atomic E-state index is 12.6. The Hall–Kier alpha value is -1.44. The number of quaternary nitrogens is 1. The number of carbonyl (C=O) groups excluding carboxylic acids is 2. The molecule has 1 fully saturated rings. The molecule has 1 aromatic heterocycles. The molecule has 7 heteroatoms. The Kier molecular flexibility index (Phi) is 6.89. The fourth-order valence-electron chi connectivity index (χ4n) is 4.15. The Morgan fingerprint density at radius 1 is 1.22 bits per heavy atom. The fourth-order valence-corrected chi connectivity index (χ4v) is 5.44. The molecule has 27 heavy (non-hydrogen) atoms. The van der Waals surface area contributed by atoms with Crippen LogP contribution in [-0.2, 0) is 27.1 Å². The van der Waals surface area contributed by atoms with Crippen molar-refractivity contribution in [1.29, 1.82) is 0 Å². The van der Waals surface area contributed by atoms with Gasteiger partial charge in [-0.15, -0.1) is 11.3 Å². The number of hydrogen-bond acceptors (Lipinski definition) is 5. The van der Waals surface area contributed by atoms with Gasteiger partial charge in [-0.3, -0.25) is 4.79 Å². The van der Waals surface area contributed by atoms with E-state index in [0.29, 0.717) is 23.6 Å². The summed E-state index contributed by atoms with van der Waals surface area (Å²) in [7, 11) is 0. The zero-order valence-electron chi connectivity index (χ0n) is 16.6. The molecule has 2 heterocycles. The highest BCUT2D eigenvalue weighted by atomic mass is 32.1. The average molecular weight is 396 g/mol. The van der Waals surface area contributed by atoms with Gasteiger partial charge >= 0.3 is 5.97 Å². The predicted octanol–water partition coefficient (Wildman–Crippen LogP) is 1.82. The molecule has 0 unspecified atom stereocenters. The van der Waals surface area contributed by atoms with Gasteiger partial charge in [0.1, 0.15) is 30.3 Å². The van der Waals surface area contributed by atoms with Crippen molar-refractivity contribution in [2.45, 2.75) is 65.1 Å². The molecule has 1 amide bonds. The fraction of sp³-hybridized carbons (Fsp3) is 0.700. The van der Waals surface area contributed by atoms with E-state index in [1.54, 1.807) is 11.3 Å². The van der Waals surface area contributed by atoms with Crippen molar-refractivity contribution in [3.63, 3.8) is 0 Å². The van der Waals surface area contributed by atoms with Crippen LogP contribution in [0.5, 0.6) is 0 Å². The van der Waals surface area contributed by atoms with Crippen LogP contribution < -0.4 is 10.2 Å². The maximum absolute atomic E-state index is 12.6. The van der Waals surface area contributed by atoms with E-state index >= 15 is 0 Å². The van der Waals surface area contributed by atoms with Gasteiger partial charge in [0.15, 0.2) is 0 Å². The lowest BCUT2D eigenvalue weighted by Gasteiger charge is -2.32. The topological polar surface area (TPSA) is 69.1 Å². The highest BCUT2D eigenvalue weighted by molar-refractivity contribution is 7.17. The molecule has 2 aliphatic rings. The summed E-state index contributed by atoms with van der Waals surface area (Å²) in [4.78, 5) is 27.7. The number of hydrogen-bond donors (Lipinski definition) is 2. The lowest BCUT2D eigenvalue weighted by atomic mass is 9.95. The number of ether oxygens (including phenoxy) is 2. The summed E-state index contributed by atoms with van der Waals surface area (Å²) >= 11 is 1.55. The molecule has 2 atom stereocenters. The van der Waals surface area contributed by atoms with Gasteiger partial charge in [-0.2, -0.15) is 0 Å². The quantitative estimate of drug-likeness (QED) is 0.721. The summed E-state index contributed by atoms with van der Waals surface area (Å²) in [6.07, 6.45) is 5.00. The van der Waals surface area contributed by atoms with Gasteiger partial charge in [0, 0.05) is 4.88 Å². The zero-order chi connectivity index (χ0) is 19.4. The van der Waals surface area contributed by atoms with Crippen molar-refractivity contribution in [3.05, 3.63) is 16.0 Å².